The molecule has 14 heavy (non-hydrogen) atoms. The number of aliphatic hydroxyl groups excluding tert-OH is 1. The van der Waals surface area contributed by atoms with Gasteiger partial charge in [-0.3, -0.25) is 0 Å². The maximum absolute atomic E-state index is 9.06. The molecule has 1 aromatic rings. The Kier molecular flexibility index (Phi) is 5.50. The van der Waals surface area contributed by atoms with E-state index in [1.54, 1.807) is 0 Å². The molecule has 1 aromatic carbocycles. The highest BCUT2D eigenvalue weighted by Crippen LogP contribution is 2.19. The second-order valence-electron chi connectivity index (χ2n) is 3.11. The highest BCUT2D eigenvalue weighted by Gasteiger charge is 2.00. The molecule has 0 aliphatic carbocycles. The van der Waals surface area contributed by atoms with Crippen LogP contribution in [0.4, 0.5) is 0 Å². The third-order valence-electron chi connectivity index (χ3n) is 1.95. The van der Waals surface area contributed by atoms with Gasteiger partial charge in [0, 0.05) is 13.8 Å². The molecule has 0 heterocycles. The van der Waals surface area contributed by atoms with Crippen LogP contribution in [0.1, 0.15) is 12.0 Å². The molecular formula is C10H15IO2Si. The van der Waals surface area contributed by atoms with Gasteiger partial charge in [0.1, 0.15) is 5.75 Å². The molecule has 0 atom stereocenters. The van der Waals surface area contributed by atoms with Crippen molar-refractivity contribution in [3.63, 3.8) is 0 Å². The lowest BCUT2D eigenvalue weighted by molar-refractivity contribution is 0.278. The van der Waals surface area contributed by atoms with E-state index in [-0.39, 0.29) is 6.61 Å². The van der Waals surface area contributed by atoms with Crippen molar-refractivity contribution < 1.29 is 9.84 Å². The van der Waals surface area contributed by atoms with Gasteiger partial charge >= 0.3 is 0 Å². The first kappa shape index (κ1) is 12.0. The molecule has 0 saturated heterocycles. The van der Waals surface area contributed by atoms with E-state index in [0.717, 1.165) is 27.9 Å². The van der Waals surface area contributed by atoms with E-state index in [0.29, 0.717) is 0 Å². The molecule has 0 spiro atoms. The van der Waals surface area contributed by atoms with Gasteiger partial charge in [-0.1, -0.05) is 6.04 Å². The molecule has 0 unspecified atom stereocenters. The first-order valence-electron chi connectivity index (χ1n) is 4.80. The maximum atomic E-state index is 9.06. The molecular weight excluding hydrogens is 307 g/mol. The minimum absolute atomic E-state index is 0.0795. The molecule has 4 heteroatoms. The molecule has 78 valence electrons. The second kappa shape index (κ2) is 6.42. The van der Waals surface area contributed by atoms with E-state index in [2.05, 4.69) is 22.6 Å². The van der Waals surface area contributed by atoms with Gasteiger partial charge < -0.3 is 9.84 Å². The summed E-state index contributed by atoms with van der Waals surface area (Å²) in [6, 6.07) is 7.11. The minimum atomic E-state index is 0.0795. The molecule has 0 bridgehead atoms. The summed E-state index contributed by atoms with van der Waals surface area (Å²) in [5.74, 6) is 0.865. The average Bonchev–Trinajstić information content (AvgIpc) is 2.21. The molecule has 0 fully saturated rings. The zero-order valence-electron chi connectivity index (χ0n) is 8.29. The van der Waals surface area contributed by atoms with E-state index in [9.17, 15) is 0 Å². The number of ether oxygens (including phenoxy) is 1. The van der Waals surface area contributed by atoms with Crippen LogP contribution < -0.4 is 4.74 Å². The van der Waals surface area contributed by atoms with Gasteiger partial charge in [0.05, 0.1) is 13.2 Å². The zero-order valence-corrected chi connectivity index (χ0v) is 12.5. The third kappa shape index (κ3) is 3.59. The quantitative estimate of drug-likeness (QED) is 0.504. The van der Waals surface area contributed by atoms with Gasteiger partial charge in [-0.2, -0.15) is 0 Å². The van der Waals surface area contributed by atoms with E-state index in [1.807, 2.05) is 18.2 Å². The van der Waals surface area contributed by atoms with Crippen molar-refractivity contribution in [2.24, 2.45) is 0 Å². The lowest BCUT2D eigenvalue weighted by Gasteiger charge is -2.07. The van der Waals surface area contributed by atoms with Gasteiger partial charge in [-0.05, 0) is 52.8 Å². The normalized spacial score (nSPS) is 10.4. The third-order valence-corrected chi connectivity index (χ3v) is 3.71. The number of hydrogen-bond donors (Lipinski definition) is 1. The standard InChI is InChI=1S/C10H15IO2Si/c11-10-3-2-9(6-8(10)7-12)13-4-1-5-14/h2-3,6,12H,1,4-5,7H2,14H3. The fourth-order valence-electron chi connectivity index (χ4n) is 1.10. The Hall–Kier alpha value is -0.0731. The highest BCUT2D eigenvalue weighted by molar-refractivity contribution is 14.1. The Balaban J connectivity index is 2.60. The maximum Gasteiger partial charge on any atom is 0.119 e. The molecule has 0 aliphatic heterocycles. The fourth-order valence-corrected chi connectivity index (χ4v) is 1.89. The van der Waals surface area contributed by atoms with Crippen molar-refractivity contribution in [2.75, 3.05) is 6.61 Å². The van der Waals surface area contributed by atoms with Crippen LogP contribution >= 0.6 is 22.6 Å². The smallest absolute Gasteiger partial charge is 0.119 e. The monoisotopic (exact) mass is 322 g/mol. The number of halogens is 1. The van der Waals surface area contributed by atoms with Crippen LogP contribution in [-0.2, 0) is 6.61 Å². The van der Waals surface area contributed by atoms with Crippen molar-refractivity contribution >= 4 is 32.8 Å². The summed E-state index contributed by atoms with van der Waals surface area (Å²) in [6.45, 7) is 0.866. The van der Waals surface area contributed by atoms with Crippen LogP contribution in [-0.4, -0.2) is 22.0 Å². The van der Waals surface area contributed by atoms with E-state index < -0.39 is 0 Å². The summed E-state index contributed by atoms with van der Waals surface area (Å²) < 4.78 is 6.64. The first-order chi connectivity index (χ1) is 6.77. The Morgan fingerprint density at radius 2 is 2.21 bits per heavy atom. The Morgan fingerprint density at radius 1 is 1.43 bits per heavy atom. The first-order valence-corrected chi connectivity index (χ1v) is 7.29. The van der Waals surface area contributed by atoms with Crippen molar-refractivity contribution in [1.82, 2.24) is 0 Å². The van der Waals surface area contributed by atoms with Crippen LogP contribution in [0, 0.1) is 3.57 Å². The summed E-state index contributed by atoms with van der Waals surface area (Å²) in [7, 11) is 1.24. The van der Waals surface area contributed by atoms with Gasteiger partial charge in [0.15, 0.2) is 0 Å². The largest absolute Gasteiger partial charge is 0.494 e. The lowest BCUT2D eigenvalue weighted by Crippen LogP contribution is -1.98. The number of aliphatic hydroxyl groups is 1. The van der Waals surface area contributed by atoms with E-state index >= 15 is 0 Å². The molecule has 0 aliphatic rings. The summed E-state index contributed by atoms with van der Waals surface area (Å²) in [5, 5.41) is 9.06. The summed E-state index contributed by atoms with van der Waals surface area (Å²) in [6.07, 6.45) is 1.13. The zero-order chi connectivity index (χ0) is 10.4. The van der Waals surface area contributed by atoms with Crippen molar-refractivity contribution in [3.05, 3.63) is 27.3 Å². The molecule has 0 saturated carbocycles. The summed E-state index contributed by atoms with van der Waals surface area (Å²) >= 11 is 2.21. The number of rotatable bonds is 5. The summed E-state index contributed by atoms with van der Waals surface area (Å²) in [4.78, 5) is 0. The molecule has 0 aromatic heterocycles. The van der Waals surface area contributed by atoms with Gasteiger partial charge in [0.25, 0.3) is 0 Å². The van der Waals surface area contributed by atoms with Crippen LogP contribution in [0.5, 0.6) is 5.75 Å². The number of benzene rings is 1. The summed E-state index contributed by atoms with van der Waals surface area (Å²) in [5.41, 5.74) is 0.939. The van der Waals surface area contributed by atoms with Crippen LogP contribution in [0.2, 0.25) is 6.04 Å². The van der Waals surface area contributed by atoms with Gasteiger partial charge in [0.2, 0.25) is 0 Å². The molecule has 0 radical (unpaired) electrons. The van der Waals surface area contributed by atoms with Crippen molar-refractivity contribution in [3.8, 4) is 5.75 Å². The minimum Gasteiger partial charge on any atom is -0.494 e. The SMILES string of the molecule is OCc1cc(OCCC[SiH3])ccc1I. The van der Waals surface area contributed by atoms with E-state index in [4.69, 9.17) is 9.84 Å². The molecule has 1 rings (SSSR count). The second-order valence-corrected chi connectivity index (χ2v) is 5.28. The molecule has 2 nitrogen and oxygen atoms in total. The number of hydrogen-bond acceptors (Lipinski definition) is 2. The molecule has 1 N–H and O–H groups in total. The van der Waals surface area contributed by atoms with Crippen molar-refractivity contribution in [1.29, 1.82) is 0 Å². The topological polar surface area (TPSA) is 29.5 Å². The van der Waals surface area contributed by atoms with Crippen LogP contribution in [0.15, 0.2) is 18.2 Å². The van der Waals surface area contributed by atoms with Crippen LogP contribution in [0.25, 0.3) is 0 Å². The average molecular weight is 322 g/mol. The van der Waals surface area contributed by atoms with Gasteiger partial charge in [-0.25, -0.2) is 0 Å². The Morgan fingerprint density at radius 3 is 2.86 bits per heavy atom. The predicted octanol–water partition coefficient (Wildman–Crippen LogP) is 1.34. The van der Waals surface area contributed by atoms with Gasteiger partial charge in [-0.15, -0.1) is 0 Å². The Bertz CT molecular complexity index is 291. The van der Waals surface area contributed by atoms with Crippen LogP contribution in [0.3, 0.4) is 0 Å². The van der Waals surface area contributed by atoms with Crippen molar-refractivity contribution in [2.45, 2.75) is 19.1 Å². The molecule has 0 amide bonds. The Labute approximate surface area is 101 Å². The predicted molar refractivity (Wildman–Crippen MR) is 69.9 cm³/mol. The highest BCUT2D eigenvalue weighted by atomic mass is 127. The van der Waals surface area contributed by atoms with E-state index in [1.165, 1.54) is 16.3 Å². The lowest BCUT2D eigenvalue weighted by atomic mass is 10.2. The fraction of sp³-hybridized carbons (Fsp3) is 0.400.